The molecule has 0 bridgehead atoms. The first-order chi connectivity index (χ1) is 11.2. The minimum atomic E-state index is -4.63. The average Bonchev–Trinajstić information content (AvgIpc) is 2.77. The van der Waals surface area contributed by atoms with E-state index in [0.717, 1.165) is 11.8 Å². The number of hydrogen-bond donors (Lipinski definition) is 1. The second-order valence-corrected chi connectivity index (χ2v) is 5.43. The van der Waals surface area contributed by atoms with Gasteiger partial charge in [0.15, 0.2) is 28.9 Å². The molecule has 0 aliphatic carbocycles. The highest BCUT2D eigenvalue weighted by Crippen LogP contribution is 2.32. The van der Waals surface area contributed by atoms with Crippen LogP contribution in [-0.2, 0) is 11.8 Å². The number of alkyl halides is 3. The summed E-state index contributed by atoms with van der Waals surface area (Å²) in [5, 5.41) is 0.0217. The molecule has 0 aromatic carbocycles. The Bertz CT molecular complexity index is 828. The number of nitrogens with zero attached hydrogens (tertiary/aromatic N) is 2. The molecule has 7 nitrogen and oxygen atoms in total. The Hall–Kier alpha value is -2.17. The van der Waals surface area contributed by atoms with E-state index in [1.807, 2.05) is 0 Å². The summed E-state index contributed by atoms with van der Waals surface area (Å²) >= 11 is 1.14. The molecule has 24 heavy (non-hydrogen) atoms. The molecule has 2 heterocycles. The number of halogens is 3. The quantitative estimate of drug-likeness (QED) is 0.496. The van der Waals surface area contributed by atoms with Crippen LogP contribution in [0.25, 0.3) is 11.0 Å². The molecule has 132 valence electrons. The lowest BCUT2D eigenvalue weighted by Crippen LogP contribution is -2.21. The van der Waals surface area contributed by atoms with Crippen LogP contribution in [0.2, 0.25) is 0 Å². The molecule has 11 heteroatoms. The van der Waals surface area contributed by atoms with Gasteiger partial charge in [-0.05, 0) is 13.2 Å². The number of thioether (sulfide) groups is 1. The average molecular weight is 365 g/mol. The van der Waals surface area contributed by atoms with Crippen molar-refractivity contribution in [1.82, 2.24) is 14.5 Å². The summed E-state index contributed by atoms with van der Waals surface area (Å²) in [6, 6.07) is 0. The minimum absolute atomic E-state index is 0.0128. The Morgan fingerprint density at radius 1 is 1.42 bits per heavy atom. The molecule has 0 aliphatic heterocycles. The van der Waals surface area contributed by atoms with E-state index in [0.29, 0.717) is 0 Å². The van der Waals surface area contributed by atoms with E-state index in [1.54, 1.807) is 13.2 Å². The Kier molecular flexibility index (Phi) is 5.11. The van der Waals surface area contributed by atoms with Crippen LogP contribution in [-0.4, -0.2) is 46.2 Å². The number of carbonyl (C=O) groups excluding carboxylic acids is 1. The van der Waals surface area contributed by atoms with E-state index in [4.69, 9.17) is 9.47 Å². The highest BCUT2D eigenvalue weighted by Gasteiger charge is 2.33. The van der Waals surface area contributed by atoms with Crippen molar-refractivity contribution in [1.29, 1.82) is 0 Å². The van der Waals surface area contributed by atoms with Crippen LogP contribution in [0.15, 0.2) is 9.95 Å². The van der Waals surface area contributed by atoms with E-state index in [9.17, 15) is 22.8 Å². The van der Waals surface area contributed by atoms with E-state index in [2.05, 4.69) is 9.97 Å². The fourth-order valence-electron chi connectivity index (χ4n) is 2.09. The predicted molar refractivity (Wildman–Crippen MR) is 80.6 cm³/mol. The summed E-state index contributed by atoms with van der Waals surface area (Å²) < 4.78 is 48.3. The van der Waals surface area contributed by atoms with Gasteiger partial charge in [-0.25, -0.2) is 9.78 Å². The van der Waals surface area contributed by atoms with Gasteiger partial charge < -0.3 is 19.0 Å². The van der Waals surface area contributed by atoms with Gasteiger partial charge in [0.25, 0.3) is 5.56 Å². The number of carbonyl (C=O) groups is 1. The van der Waals surface area contributed by atoms with Crippen molar-refractivity contribution < 1.29 is 27.4 Å². The van der Waals surface area contributed by atoms with Gasteiger partial charge >= 0.3 is 12.1 Å². The van der Waals surface area contributed by atoms with Crippen molar-refractivity contribution in [2.75, 3.05) is 19.5 Å². The molecule has 0 amide bonds. The van der Waals surface area contributed by atoms with Crippen molar-refractivity contribution in [3.63, 3.8) is 0 Å². The number of fused-ring (bicyclic) bond motifs is 1. The number of rotatable bonds is 5. The summed E-state index contributed by atoms with van der Waals surface area (Å²) in [5.74, 6) is -1.40. The highest BCUT2D eigenvalue weighted by molar-refractivity contribution is 7.98. The van der Waals surface area contributed by atoms with Crippen molar-refractivity contribution in [3.8, 4) is 5.75 Å². The van der Waals surface area contributed by atoms with Crippen LogP contribution in [0.5, 0.6) is 5.75 Å². The van der Waals surface area contributed by atoms with Gasteiger partial charge in [-0.15, -0.1) is 0 Å². The molecule has 2 aromatic heterocycles. The maximum Gasteiger partial charge on any atom is 0.422 e. The predicted octanol–water partition coefficient (Wildman–Crippen LogP) is 2.10. The number of hydrogen-bond acceptors (Lipinski definition) is 6. The van der Waals surface area contributed by atoms with Gasteiger partial charge in [0, 0.05) is 7.05 Å². The Morgan fingerprint density at radius 3 is 2.62 bits per heavy atom. The fraction of sp³-hybridized carbons (Fsp3) is 0.462. The number of nitrogens with one attached hydrogen (secondary N) is 1. The van der Waals surface area contributed by atoms with Gasteiger partial charge in [0.2, 0.25) is 0 Å². The summed E-state index contributed by atoms with van der Waals surface area (Å²) in [6.45, 7) is -0.0885. The molecule has 0 saturated carbocycles. The standard InChI is InChI=1S/C13H14F3N3O4S/c1-4-22-11(21)7-8(23-5-13(14,15)16)6-9(19(7)2)17-12(24-3)18-10(6)20/h4-5H2,1-3H3,(H,17,18,20). The molecule has 0 unspecified atom stereocenters. The van der Waals surface area contributed by atoms with Gasteiger partial charge in [-0.2, -0.15) is 13.2 Å². The van der Waals surface area contributed by atoms with Gasteiger partial charge in [-0.3, -0.25) is 4.79 Å². The zero-order valence-electron chi connectivity index (χ0n) is 13.0. The maximum atomic E-state index is 12.5. The van der Waals surface area contributed by atoms with Gasteiger partial charge in [0.05, 0.1) is 6.61 Å². The number of H-pyrrole nitrogens is 1. The number of esters is 1. The lowest BCUT2D eigenvalue weighted by molar-refractivity contribution is -0.153. The van der Waals surface area contributed by atoms with Gasteiger partial charge in [-0.1, -0.05) is 11.8 Å². The van der Waals surface area contributed by atoms with Crippen LogP contribution in [0.4, 0.5) is 13.2 Å². The molecule has 0 fully saturated rings. The lowest BCUT2D eigenvalue weighted by atomic mass is 10.3. The van der Waals surface area contributed by atoms with Crippen LogP contribution in [0.3, 0.4) is 0 Å². The summed E-state index contributed by atoms with van der Waals surface area (Å²) in [5.41, 5.74) is -0.969. The molecule has 0 atom stereocenters. The van der Waals surface area contributed by atoms with Gasteiger partial charge in [0.1, 0.15) is 5.39 Å². The maximum absolute atomic E-state index is 12.5. The second kappa shape index (κ2) is 6.75. The minimum Gasteiger partial charge on any atom is -0.481 e. The molecular formula is C13H14F3N3O4S. The van der Waals surface area contributed by atoms with Crippen molar-refractivity contribution in [2.45, 2.75) is 18.3 Å². The number of ether oxygens (including phenoxy) is 2. The van der Waals surface area contributed by atoms with Crippen LogP contribution < -0.4 is 10.3 Å². The van der Waals surface area contributed by atoms with E-state index < -0.39 is 30.1 Å². The molecule has 0 aliphatic rings. The largest absolute Gasteiger partial charge is 0.481 e. The first-order valence-corrected chi connectivity index (χ1v) is 7.95. The Balaban J connectivity index is 2.72. The van der Waals surface area contributed by atoms with Crippen LogP contribution in [0, 0.1) is 0 Å². The molecule has 0 spiro atoms. The van der Waals surface area contributed by atoms with Crippen molar-refractivity contribution in [3.05, 3.63) is 16.0 Å². The van der Waals surface area contributed by atoms with Crippen molar-refractivity contribution in [2.24, 2.45) is 7.05 Å². The van der Waals surface area contributed by atoms with Crippen LogP contribution in [0.1, 0.15) is 17.4 Å². The topological polar surface area (TPSA) is 86.2 Å². The number of aromatic amines is 1. The number of aromatic nitrogens is 3. The molecule has 0 saturated heterocycles. The first kappa shape index (κ1) is 18.2. The Morgan fingerprint density at radius 2 is 2.08 bits per heavy atom. The van der Waals surface area contributed by atoms with E-state index >= 15 is 0 Å². The van der Waals surface area contributed by atoms with Crippen molar-refractivity contribution >= 4 is 28.8 Å². The molecule has 2 rings (SSSR count). The zero-order valence-corrected chi connectivity index (χ0v) is 13.8. The molecule has 2 aromatic rings. The first-order valence-electron chi connectivity index (χ1n) is 6.73. The number of aryl methyl sites for hydroxylation is 1. The van der Waals surface area contributed by atoms with E-state index in [-0.39, 0.29) is 28.5 Å². The van der Waals surface area contributed by atoms with Crippen LogP contribution >= 0.6 is 11.8 Å². The third-order valence-corrected chi connectivity index (χ3v) is 3.60. The fourth-order valence-corrected chi connectivity index (χ4v) is 2.46. The third-order valence-electron chi connectivity index (χ3n) is 3.02. The van der Waals surface area contributed by atoms with E-state index in [1.165, 1.54) is 11.6 Å². The summed E-state index contributed by atoms with van der Waals surface area (Å²) in [4.78, 5) is 30.9. The second-order valence-electron chi connectivity index (χ2n) is 4.63. The molecule has 0 radical (unpaired) electrons. The highest BCUT2D eigenvalue weighted by atomic mass is 32.2. The summed E-state index contributed by atoms with van der Waals surface area (Å²) in [7, 11) is 1.39. The summed E-state index contributed by atoms with van der Waals surface area (Å²) in [6.07, 6.45) is -2.96. The Labute approximate surface area is 138 Å². The monoisotopic (exact) mass is 365 g/mol. The third kappa shape index (κ3) is 3.50. The molecular weight excluding hydrogens is 351 g/mol. The normalized spacial score (nSPS) is 11.8. The zero-order chi connectivity index (χ0) is 18.1. The SMILES string of the molecule is CCOC(=O)c1c(OCC(F)(F)F)c2c(=O)[nH]c(SC)nc2n1C. The smallest absolute Gasteiger partial charge is 0.422 e. The molecule has 1 N–H and O–H groups in total. The lowest BCUT2D eigenvalue weighted by Gasteiger charge is -2.10.